The summed E-state index contributed by atoms with van der Waals surface area (Å²) in [5.74, 6) is 0.268. The molecule has 1 N–H and O–H groups in total. The van der Waals surface area contributed by atoms with Crippen molar-refractivity contribution in [3.05, 3.63) is 34.9 Å². The van der Waals surface area contributed by atoms with Crippen LogP contribution in [-0.4, -0.2) is 53.5 Å². The number of benzene rings is 1. The molecule has 1 aromatic rings. The first-order valence-corrected chi connectivity index (χ1v) is 12.0. The molecule has 2 aliphatic rings. The molecule has 2 fully saturated rings. The highest BCUT2D eigenvalue weighted by atomic mass is 35.5. The molecular formula is C24H38ClN3O. The molecule has 1 amide bonds. The Morgan fingerprint density at radius 3 is 2.38 bits per heavy atom. The highest BCUT2D eigenvalue weighted by Gasteiger charge is 2.39. The number of nitrogens with one attached hydrogen (secondary N) is 1. The Balaban J connectivity index is 1.70. The van der Waals surface area contributed by atoms with Gasteiger partial charge < -0.3 is 10.2 Å². The first-order valence-electron chi connectivity index (χ1n) is 11.6. The SMILES string of the molecule is CCN(CC)C(=O)[C@@H]1C[C@@H](NC2CCCCCCC2)CN1Cc1ccccc1Cl. The summed E-state index contributed by atoms with van der Waals surface area (Å²) in [7, 11) is 0. The molecule has 1 aliphatic carbocycles. The van der Waals surface area contributed by atoms with Crippen LogP contribution in [0.2, 0.25) is 5.02 Å². The highest BCUT2D eigenvalue weighted by Crippen LogP contribution is 2.27. The maximum atomic E-state index is 13.3. The Labute approximate surface area is 182 Å². The minimum absolute atomic E-state index is 0.0581. The number of carbonyl (C=O) groups is 1. The van der Waals surface area contributed by atoms with E-state index in [2.05, 4.69) is 30.1 Å². The first-order chi connectivity index (χ1) is 14.1. The van der Waals surface area contributed by atoms with Gasteiger partial charge in [-0.05, 0) is 44.7 Å². The number of likely N-dealkylation sites (tertiary alicyclic amines) is 1. The summed E-state index contributed by atoms with van der Waals surface area (Å²) in [4.78, 5) is 17.6. The molecule has 4 nitrogen and oxygen atoms in total. The van der Waals surface area contributed by atoms with Crippen LogP contribution in [0.5, 0.6) is 0 Å². The van der Waals surface area contributed by atoms with Crippen LogP contribution in [-0.2, 0) is 11.3 Å². The maximum absolute atomic E-state index is 13.3. The van der Waals surface area contributed by atoms with E-state index in [0.717, 1.165) is 43.2 Å². The molecular weight excluding hydrogens is 382 g/mol. The van der Waals surface area contributed by atoms with Crippen molar-refractivity contribution in [2.75, 3.05) is 19.6 Å². The lowest BCUT2D eigenvalue weighted by Crippen LogP contribution is -2.45. The molecule has 0 spiro atoms. The summed E-state index contributed by atoms with van der Waals surface area (Å²) >= 11 is 6.44. The lowest BCUT2D eigenvalue weighted by atomic mass is 9.96. The third kappa shape index (κ3) is 6.19. The molecule has 3 rings (SSSR count). The zero-order chi connectivity index (χ0) is 20.6. The molecule has 5 heteroatoms. The number of likely N-dealkylation sites (N-methyl/N-ethyl adjacent to an activating group) is 1. The summed E-state index contributed by atoms with van der Waals surface area (Å²) in [6, 6.07) is 8.94. The average Bonchev–Trinajstić information content (AvgIpc) is 3.09. The first kappa shape index (κ1) is 22.6. The van der Waals surface area contributed by atoms with E-state index < -0.39 is 0 Å². The van der Waals surface area contributed by atoms with E-state index in [-0.39, 0.29) is 11.9 Å². The van der Waals surface area contributed by atoms with E-state index in [4.69, 9.17) is 11.6 Å². The molecule has 1 aliphatic heterocycles. The zero-order valence-corrected chi connectivity index (χ0v) is 19.0. The van der Waals surface area contributed by atoms with E-state index in [0.29, 0.717) is 12.1 Å². The number of halogens is 1. The fourth-order valence-electron chi connectivity index (χ4n) is 5.00. The minimum Gasteiger partial charge on any atom is -0.342 e. The van der Waals surface area contributed by atoms with Gasteiger partial charge in [0, 0.05) is 43.3 Å². The Kier molecular flexibility index (Phi) is 8.83. The lowest BCUT2D eigenvalue weighted by Gasteiger charge is -2.29. The smallest absolute Gasteiger partial charge is 0.239 e. The number of rotatable bonds is 7. The second-order valence-electron chi connectivity index (χ2n) is 8.69. The third-order valence-corrected chi connectivity index (χ3v) is 7.04. The Morgan fingerprint density at radius 2 is 1.72 bits per heavy atom. The number of hydrogen-bond acceptors (Lipinski definition) is 3. The standard InChI is InChI=1S/C24H38ClN3O/c1-3-27(4-2)24(29)23-16-21(26-20-13-8-6-5-7-9-14-20)18-28(23)17-19-12-10-11-15-22(19)25/h10-12,15,20-21,23,26H,3-9,13-14,16-18H2,1-2H3/t21-,23+/m1/s1. The topological polar surface area (TPSA) is 35.6 Å². The second kappa shape index (κ2) is 11.3. The van der Waals surface area contributed by atoms with Crippen LogP contribution in [0.25, 0.3) is 0 Å². The summed E-state index contributed by atoms with van der Waals surface area (Å²) in [6.45, 7) is 7.33. The van der Waals surface area contributed by atoms with Gasteiger partial charge in [0.05, 0.1) is 6.04 Å². The maximum Gasteiger partial charge on any atom is 0.239 e. The van der Waals surface area contributed by atoms with Gasteiger partial charge in [0.25, 0.3) is 0 Å². The van der Waals surface area contributed by atoms with Gasteiger partial charge in [-0.3, -0.25) is 9.69 Å². The molecule has 0 aromatic heterocycles. The molecule has 0 unspecified atom stereocenters. The van der Waals surface area contributed by atoms with E-state index in [1.807, 2.05) is 23.1 Å². The molecule has 1 heterocycles. The Bertz CT molecular complexity index is 641. The van der Waals surface area contributed by atoms with Crippen LogP contribution in [0.3, 0.4) is 0 Å². The van der Waals surface area contributed by atoms with Crippen LogP contribution < -0.4 is 5.32 Å². The largest absolute Gasteiger partial charge is 0.342 e. The average molecular weight is 420 g/mol. The van der Waals surface area contributed by atoms with Gasteiger partial charge in [0.2, 0.25) is 5.91 Å². The van der Waals surface area contributed by atoms with Gasteiger partial charge in [0.1, 0.15) is 0 Å². The lowest BCUT2D eigenvalue weighted by molar-refractivity contribution is -0.135. The summed E-state index contributed by atoms with van der Waals surface area (Å²) in [5, 5.41) is 4.72. The zero-order valence-electron chi connectivity index (χ0n) is 18.2. The van der Waals surface area contributed by atoms with Gasteiger partial charge >= 0.3 is 0 Å². The molecule has 0 radical (unpaired) electrons. The Hall–Kier alpha value is -1.10. The van der Waals surface area contributed by atoms with Crippen LogP contribution >= 0.6 is 11.6 Å². The van der Waals surface area contributed by atoms with Crippen molar-refractivity contribution in [2.45, 2.75) is 89.9 Å². The monoisotopic (exact) mass is 419 g/mol. The molecule has 2 atom stereocenters. The molecule has 1 saturated heterocycles. The van der Waals surface area contributed by atoms with E-state index in [1.54, 1.807) is 0 Å². The third-order valence-electron chi connectivity index (χ3n) is 6.67. The van der Waals surface area contributed by atoms with Gasteiger partial charge in [-0.2, -0.15) is 0 Å². The summed E-state index contributed by atoms with van der Waals surface area (Å²) in [5.41, 5.74) is 1.11. The van der Waals surface area contributed by atoms with Crippen LogP contribution in [0.4, 0.5) is 0 Å². The minimum atomic E-state index is -0.0581. The fraction of sp³-hybridized carbons (Fsp3) is 0.708. The number of nitrogens with zero attached hydrogens (tertiary/aromatic N) is 2. The Morgan fingerprint density at radius 1 is 1.07 bits per heavy atom. The number of amides is 1. The van der Waals surface area contributed by atoms with Crippen LogP contribution in [0, 0.1) is 0 Å². The molecule has 0 bridgehead atoms. The molecule has 162 valence electrons. The van der Waals surface area contributed by atoms with Crippen molar-refractivity contribution >= 4 is 17.5 Å². The predicted octanol–water partition coefficient (Wildman–Crippen LogP) is 4.85. The van der Waals surface area contributed by atoms with E-state index >= 15 is 0 Å². The summed E-state index contributed by atoms with van der Waals surface area (Å²) in [6.07, 6.45) is 10.2. The highest BCUT2D eigenvalue weighted by molar-refractivity contribution is 6.31. The molecule has 1 aromatic carbocycles. The van der Waals surface area contributed by atoms with Crippen molar-refractivity contribution in [2.24, 2.45) is 0 Å². The van der Waals surface area contributed by atoms with Crippen LogP contribution in [0.15, 0.2) is 24.3 Å². The summed E-state index contributed by atoms with van der Waals surface area (Å²) < 4.78 is 0. The van der Waals surface area contributed by atoms with E-state index in [9.17, 15) is 4.79 Å². The number of carbonyl (C=O) groups excluding carboxylic acids is 1. The van der Waals surface area contributed by atoms with Crippen molar-refractivity contribution in [3.8, 4) is 0 Å². The number of hydrogen-bond donors (Lipinski definition) is 1. The molecule has 1 saturated carbocycles. The van der Waals surface area contributed by atoms with Gasteiger partial charge in [0.15, 0.2) is 0 Å². The predicted molar refractivity (Wildman–Crippen MR) is 121 cm³/mol. The second-order valence-corrected chi connectivity index (χ2v) is 9.10. The molecule has 29 heavy (non-hydrogen) atoms. The normalized spacial score (nSPS) is 24.2. The quantitative estimate of drug-likeness (QED) is 0.685. The van der Waals surface area contributed by atoms with Gasteiger partial charge in [-0.15, -0.1) is 0 Å². The van der Waals surface area contributed by atoms with Crippen LogP contribution in [0.1, 0.15) is 70.8 Å². The van der Waals surface area contributed by atoms with Crippen molar-refractivity contribution in [1.82, 2.24) is 15.1 Å². The van der Waals surface area contributed by atoms with Gasteiger partial charge in [-0.1, -0.05) is 61.9 Å². The van der Waals surface area contributed by atoms with Gasteiger partial charge in [-0.25, -0.2) is 0 Å². The van der Waals surface area contributed by atoms with Crippen molar-refractivity contribution in [1.29, 1.82) is 0 Å². The van der Waals surface area contributed by atoms with E-state index in [1.165, 1.54) is 44.9 Å². The van der Waals surface area contributed by atoms with Crippen molar-refractivity contribution < 1.29 is 4.79 Å². The van der Waals surface area contributed by atoms with Crippen molar-refractivity contribution in [3.63, 3.8) is 0 Å². The fourth-order valence-corrected chi connectivity index (χ4v) is 5.20.